The summed E-state index contributed by atoms with van der Waals surface area (Å²) in [5.41, 5.74) is 0. The highest BCUT2D eigenvalue weighted by Crippen LogP contribution is 1.97. The molecule has 0 aliphatic heterocycles. The van der Waals surface area contributed by atoms with E-state index in [9.17, 15) is 4.79 Å². The third kappa shape index (κ3) is 3.65. The van der Waals surface area contributed by atoms with Gasteiger partial charge in [0.15, 0.2) is 0 Å². The van der Waals surface area contributed by atoms with Crippen LogP contribution < -0.4 is 0 Å². The van der Waals surface area contributed by atoms with Crippen molar-refractivity contribution in [3.05, 3.63) is 7.43 Å². The number of carbonyl (C=O) groups is 1. The minimum atomic E-state index is -0.706. The Balaban J connectivity index is 0. The van der Waals surface area contributed by atoms with Crippen LogP contribution in [0.1, 0.15) is 20.3 Å². The zero-order valence-electron chi connectivity index (χ0n) is 5.64. The average molecular weight is 117 g/mol. The van der Waals surface area contributed by atoms with Gasteiger partial charge >= 0.3 is 5.97 Å². The minimum absolute atomic E-state index is 0. The smallest absolute Gasteiger partial charge is 0.306 e. The van der Waals surface area contributed by atoms with Crippen LogP contribution >= 0.6 is 0 Å². The molecule has 0 heterocycles. The van der Waals surface area contributed by atoms with Crippen molar-refractivity contribution in [3.63, 3.8) is 0 Å². The topological polar surface area (TPSA) is 37.3 Å². The standard InChI is InChI=1S/C5H10O2.CH3/c1-3-4(2)5(6)7;/h4H,3H2,1-2H3,(H,6,7);1H3. The van der Waals surface area contributed by atoms with Crippen LogP contribution in [0, 0.1) is 13.3 Å². The van der Waals surface area contributed by atoms with E-state index in [2.05, 4.69) is 0 Å². The molecule has 0 saturated heterocycles. The van der Waals surface area contributed by atoms with Gasteiger partial charge in [-0.3, -0.25) is 4.79 Å². The lowest BCUT2D eigenvalue weighted by molar-refractivity contribution is -0.141. The summed E-state index contributed by atoms with van der Waals surface area (Å²) in [4.78, 5) is 9.93. The highest BCUT2D eigenvalue weighted by Gasteiger charge is 2.05. The van der Waals surface area contributed by atoms with E-state index >= 15 is 0 Å². The van der Waals surface area contributed by atoms with Gasteiger partial charge in [0.05, 0.1) is 5.92 Å². The Kier molecular flexibility index (Phi) is 6.04. The van der Waals surface area contributed by atoms with Crippen molar-refractivity contribution in [2.24, 2.45) is 5.92 Å². The third-order valence-electron chi connectivity index (χ3n) is 1.03. The Labute approximate surface area is 50.5 Å². The fraction of sp³-hybridized carbons (Fsp3) is 0.667. The van der Waals surface area contributed by atoms with Crippen molar-refractivity contribution in [3.8, 4) is 0 Å². The fourth-order valence-electron chi connectivity index (χ4n) is 0.175. The van der Waals surface area contributed by atoms with Crippen LogP contribution in [0.3, 0.4) is 0 Å². The predicted molar refractivity (Wildman–Crippen MR) is 33.5 cm³/mol. The van der Waals surface area contributed by atoms with Gasteiger partial charge in [0, 0.05) is 0 Å². The number of carboxylic acids is 1. The molecule has 0 rings (SSSR count). The van der Waals surface area contributed by atoms with E-state index in [-0.39, 0.29) is 13.3 Å². The van der Waals surface area contributed by atoms with Crippen LogP contribution in [0.4, 0.5) is 0 Å². The second kappa shape index (κ2) is 4.62. The molecule has 1 unspecified atom stereocenters. The van der Waals surface area contributed by atoms with Crippen LogP contribution in [-0.4, -0.2) is 11.1 Å². The Morgan fingerprint density at radius 2 is 2.12 bits per heavy atom. The number of rotatable bonds is 2. The van der Waals surface area contributed by atoms with Crippen molar-refractivity contribution in [1.29, 1.82) is 0 Å². The van der Waals surface area contributed by atoms with Crippen LogP contribution in [0.5, 0.6) is 0 Å². The van der Waals surface area contributed by atoms with Gasteiger partial charge in [-0.25, -0.2) is 0 Å². The van der Waals surface area contributed by atoms with E-state index in [1.54, 1.807) is 6.92 Å². The average Bonchev–Trinajstić information content (AvgIpc) is 1.65. The van der Waals surface area contributed by atoms with E-state index in [1.807, 2.05) is 6.92 Å². The van der Waals surface area contributed by atoms with E-state index in [1.165, 1.54) is 0 Å². The summed E-state index contributed by atoms with van der Waals surface area (Å²) >= 11 is 0. The molecular weight excluding hydrogens is 104 g/mol. The Morgan fingerprint density at radius 1 is 1.75 bits per heavy atom. The van der Waals surface area contributed by atoms with E-state index in [0.717, 1.165) is 6.42 Å². The lowest BCUT2D eigenvalue weighted by Crippen LogP contribution is -2.06. The predicted octanol–water partition coefficient (Wildman–Crippen LogP) is 1.57. The number of hydrogen-bond donors (Lipinski definition) is 1. The van der Waals surface area contributed by atoms with Gasteiger partial charge in [0.2, 0.25) is 0 Å². The first-order valence-electron chi connectivity index (χ1n) is 2.41. The zero-order valence-corrected chi connectivity index (χ0v) is 5.64. The molecule has 0 aliphatic rings. The normalized spacial score (nSPS) is 11.8. The third-order valence-corrected chi connectivity index (χ3v) is 1.03. The molecule has 0 aromatic heterocycles. The summed E-state index contributed by atoms with van der Waals surface area (Å²) in [6, 6.07) is 0. The molecular formula is C6H13O2. The van der Waals surface area contributed by atoms with Gasteiger partial charge in [-0.15, -0.1) is 0 Å². The largest absolute Gasteiger partial charge is 0.481 e. The van der Waals surface area contributed by atoms with Crippen LogP contribution in [-0.2, 0) is 4.79 Å². The van der Waals surface area contributed by atoms with E-state index < -0.39 is 5.97 Å². The van der Waals surface area contributed by atoms with Gasteiger partial charge in [-0.2, -0.15) is 0 Å². The molecule has 2 heteroatoms. The number of carboxylic acid groups (broad SMARTS) is 1. The molecule has 1 radical (unpaired) electrons. The van der Waals surface area contributed by atoms with Gasteiger partial charge in [0.25, 0.3) is 0 Å². The number of aliphatic carboxylic acids is 1. The molecule has 8 heavy (non-hydrogen) atoms. The van der Waals surface area contributed by atoms with E-state index in [4.69, 9.17) is 5.11 Å². The van der Waals surface area contributed by atoms with Crippen LogP contribution in [0.15, 0.2) is 0 Å². The molecule has 0 amide bonds. The quantitative estimate of drug-likeness (QED) is 0.596. The van der Waals surface area contributed by atoms with E-state index in [0.29, 0.717) is 0 Å². The van der Waals surface area contributed by atoms with Gasteiger partial charge in [-0.1, -0.05) is 21.3 Å². The molecule has 0 aromatic rings. The first kappa shape index (κ1) is 10.5. The van der Waals surface area contributed by atoms with Gasteiger partial charge in [-0.05, 0) is 6.42 Å². The molecule has 2 nitrogen and oxygen atoms in total. The molecule has 0 saturated carbocycles. The van der Waals surface area contributed by atoms with Crippen molar-refractivity contribution >= 4 is 5.97 Å². The second-order valence-electron chi connectivity index (χ2n) is 1.65. The molecule has 0 fully saturated rings. The molecule has 1 atom stereocenters. The van der Waals surface area contributed by atoms with Crippen LogP contribution in [0.25, 0.3) is 0 Å². The molecule has 1 N–H and O–H groups in total. The lowest BCUT2D eigenvalue weighted by Gasteiger charge is -1.96. The van der Waals surface area contributed by atoms with Crippen molar-refractivity contribution in [2.75, 3.05) is 0 Å². The lowest BCUT2D eigenvalue weighted by atomic mass is 10.1. The maximum atomic E-state index is 9.93. The summed E-state index contributed by atoms with van der Waals surface area (Å²) in [6.45, 7) is 3.56. The minimum Gasteiger partial charge on any atom is -0.481 e. The maximum absolute atomic E-state index is 9.93. The molecule has 0 aliphatic carbocycles. The Hall–Kier alpha value is -0.530. The Bertz CT molecular complexity index is 68.9. The van der Waals surface area contributed by atoms with Crippen molar-refractivity contribution in [1.82, 2.24) is 0 Å². The molecule has 0 aromatic carbocycles. The first-order chi connectivity index (χ1) is 3.18. The van der Waals surface area contributed by atoms with Crippen LogP contribution in [0.2, 0.25) is 0 Å². The molecule has 0 spiro atoms. The monoisotopic (exact) mass is 117 g/mol. The van der Waals surface area contributed by atoms with Crippen molar-refractivity contribution in [2.45, 2.75) is 20.3 Å². The highest BCUT2D eigenvalue weighted by atomic mass is 16.4. The summed E-state index contributed by atoms with van der Waals surface area (Å²) in [6.07, 6.45) is 0.718. The first-order valence-corrected chi connectivity index (χ1v) is 2.41. The summed E-state index contributed by atoms with van der Waals surface area (Å²) in [5, 5.41) is 8.18. The summed E-state index contributed by atoms with van der Waals surface area (Å²) in [5.74, 6) is -0.887. The molecule has 49 valence electrons. The zero-order chi connectivity index (χ0) is 5.86. The van der Waals surface area contributed by atoms with Crippen molar-refractivity contribution < 1.29 is 9.90 Å². The number of hydrogen-bond acceptors (Lipinski definition) is 1. The summed E-state index contributed by atoms with van der Waals surface area (Å²) in [7, 11) is 0. The van der Waals surface area contributed by atoms with Gasteiger partial charge < -0.3 is 5.11 Å². The Morgan fingerprint density at radius 3 is 2.12 bits per heavy atom. The summed E-state index contributed by atoms with van der Waals surface area (Å²) < 4.78 is 0. The maximum Gasteiger partial charge on any atom is 0.306 e. The highest BCUT2D eigenvalue weighted by molar-refractivity contribution is 5.69. The molecule has 0 bridgehead atoms. The second-order valence-corrected chi connectivity index (χ2v) is 1.65. The van der Waals surface area contributed by atoms with Gasteiger partial charge in [0.1, 0.15) is 0 Å². The fourth-order valence-corrected chi connectivity index (χ4v) is 0.175. The SMILES string of the molecule is CCC(C)C(=O)O.[CH3].